The van der Waals surface area contributed by atoms with Crippen LogP contribution in [-0.2, 0) is 11.3 Å². The van der Waals surface area contributed by atoms with Crippen LogP contribution in [-0.4, -0.2) is 40.6 Å². The van der Waals surface area contributed by atoms with Crippen LogP contribution >= 0.6 is 0 Å². The van der Waals surface area contributed by atoms with Gasteiger partial charge in [0.2, 0.25) is 0 Å². The first-order valence-corrected chi connectivity index (χ1v) is 5.84. The molecule has 2 heterocycles. The highest BCUT2D eigenvalue weighted by molar-refractivity contribution is 5.88. The summed E-state index contributed by atoms with van der Waals surface area (Å²) in [7, 11) is 0. The summed E-state index contributed by atoms with van der Waals surface area (Å²) in [6, 6.07) is 1.70. The molecule has 0 aliphatic carbocycles. The van der Waals surface area contributed by atoms with E-state index in [1.165, 1.54) is 0 Å². The molecule has 0 spiro atoms. The Morgan fingerprint density at radius 1 is 1.76 bits per heavy atom. The fourth-order valence-corrected chi connectivity index (χ4v) is 1.94. The smallest absolute Gasteiger partial charge is 0.358 e. The Bertz CT molecular complexity index is 403. The fourth-order valence-electron chi connectivity index (χ4n) is 1.94. The normalized spacial score (nSPS) is 18.4. The Hall–Kier alpha value is -1.56. The maximum atomic E-state index is 11.5. The maximum absolute atomic E-state index is 11.5. The lowest BCUT2D eigenvalue weighted by molar-refractivity contribution is 0.0518. The number of carbonyl (C=O) groups is 1. The summed E-state index contributed by atoms with van der Waals surface area (Å²) in [5.41, 5.74) is 0.332. The van der Waals surface area contributed by atoms with E-state index in [0.717, 1.165) is 25.3 Å². The average molecular weight is 239 g/mol. The van der Waals surface area contributed by atoms with E-state index in [4.69, 9.17) is 9.84 Å². The molecule has 1 atom stereocenters. The van der Waals surface area contributed by atoms with Gasteiger partial charge in [0, 0.05) is 25.8 Å². The third kappa shape index (κ3) is 2.58. The lowest BCUT2D eigenvalue weighted by Crippen LogP contribution is -2.28. The summed E-state index contributed by atoms with van der Waals surface area (Å²) in [4.78, 5) is 11.5. The second-order valence-corrected chi connectivity index (χ2v) is 4.08. The fraction of sp³-hybridized carbons (Fsp3) is 0.636. The zero-order valence-corrected chi connectivity index (χ0v) is 9.85. The van der Waals surface area contributed by atoms with E-state index in [1.807, 2.05) is 0 Å². The minimum absolute atomic E-state index is 0.174. The van der Waals surface area contributed by atoms with Gasteiger partial charge in [0.05, 0.1) is 6.61 Å². The number of esters is 1. The van der Waals surface area contributed by atoms with Crippen LogP contribution < -0.4 is 5.32 Å². The predicted molar refractivity (Wildman–Crippen MR) is 61.9 cm³/mol. The van der Waals surface area contributed by atoms with Gasteiger partial charge in [-0.1, -0.05) is 0 Å². The monoisotopic (exact) mass is 239 g/mol. The Labute approximate surface area is 99.6 Å². The molecule has 0 aromatic carbocycles. The van der Waals surface area contributed by atoms with Crippen molar-refractivity contribution in [3.8, 4) is 0 Å². The van der Waals surface area contributed by atoms with Crippen LogP contribution in [0.3, 0.4) is 0 Å². The SMILES string of the molecule is CCOC(=O)c1cc2n(n1)CC(CCO)CN2. The van der Waals surface area contributed by atoms with Gasteiger partial charge in [-0.15, -0.1) is 0 Å². The number of carbonyl (C=O) groups excluding carboxylic acids is 1. The first-order valence-electron chi connectivity index (χ1n) is 5.84. The highest BCUT2D eigenvalue weighted by Gasteiger charge is 2.22. The number of rotatable bonds is 4. The number of aromatic nitrogens is 2. The molecule has 17 heavy (non-hydrogen) atoms. The van der Waals surface area contributed by atoms with Crippen LogP contribution in [0.4, 0.5) is 5.82 Å². The number of aliphatic hydroxyl groups is 1. The molecule has 0 saturated heterocycles. The summed E-state index contributed by atoms with van der Waals surface area (Å²) in [5, 5.41) is 16.3. The molecule has 0 amide bonds. The van der Waals surface area contributed by atoms with E-state index in [-0.39, 0.29) is 6.61 Å². The molecule has 1 aromatic rings. The topological polar surface area (TPSA) is 76.4 Å². The summed E-state index contributed by atoms with van der Waals surface area (Å²) in [5.74, 6) is 0.791. The van der Waals surface area contributed by atoms with Crippen molar-refractivity contribution in [2.75, 3.05) is 25.1 Å². The molecular weight excluding hydrogens is 222 g/mol. The Morgan fingerprint density at radius 3 is 3.29 bits per heavy atom. The lowest BCUT2D eigenvalue weighted by atomic mass is 10.1. The van der Waals surface area contributed by atoms with Crippen LogP contribution in [0.5, 0.6) is 0 Å². The quantitative estimate of drug-likeness (QED) is 0.747. The van der Waals surface area contributed by atoms with Crippen molar-refractivity contribution in [3.05, 3.63) is 11.8 Å². The van der Waals surface area contributed by atoms with Crippen molar-refractivity contribution >= 4 is 11.8 Å². The number of ether oxygens (including phenoxy) is 1. The number of hydrogen-bond acceptors (Lipinski definition) is 5. The molecule has 2 rings (SSSR count). The van der Waals surface area contributed by atoms with Gasteiger partial charge >= 0.3 is 5.97 Å². The molecule has 1 aromatic heterocycles. The average Bonchev–Trinajstić information content (AvgIpc) is 2.73. The number of nitrogens with zero attached hydrogens (tertiary/aromatic N) is 2. The lowest BCUT2D eigenvalue weighted by Gasteiger charge is -2.23. The van der Waals surface area contributed by atoms with Crippen LogP contribution in [0.1, 0.15) is 23.8 Å². The highest BCUT2D eigenvalue weighted by atomic mass is 16.5. The summed E-state index contributed by atoms with van der Waals surface area (Å²) in [6.07, 6.45) is 0.737. The van der Waals surface area contributed by atoms with Crippen LogP contribution in [0, 0.1) is 5.92 Å². The number of fused-ring (bicyclic) bond motifs is 1. The van der Waals surface area contributed by atoms with Crippen LogP contribution in [0.25, 0.3) is 0 Å². The molecule has 1 aliphatic rings. The zero-order valence-electron chi connectivity index (χ0n) is 9.85. The second kappa shape index (κ2) is 5.18. The van der Waals surface area contributed by atoms with Gasteiger partial charge in [-0.3, -0.25) is 0 Å². The van der Waals surface area contributed by atoms with Gasteiger partial charge in [-0.2, -0.15) is 5.10 Å². The van der Waals surface area contributed by atoms with Gasteiger partial charge in [0.25, 0.3) is 0 Å². The van der Waals surface area contributed by atoms with Crippen molar-refractivity contribution in [2.45, 2.75) is 19.9 Å². The molecule has 6 nitrogen and oxygen atoms in total. The standard InChI is InChI=1S/C11H17N3O3/c1-2-17-11(16)9-5-10-12-6-8(3-4-15)7-14(10)13-9/h5,8,12,15H,2-4,6-7H2,1H3. The van der Waals surface area contributed by atoms with Gasteiger partial charge in [0.1, 0.15) is 5.82 Å². The van der Waals surface area contributed by atoms with E-state index in [2.05, 4.69) is 10.4 Å². The van der Waals surface area contributed by atoms with Crippen LogP contribution in [0.2, 0.25) is 0 Å². The Morgan fingerprint density at radius 2 is 2.59 bits per heavy atom. The molecule has 6 heteroatoms. The minimum atomic E-state index is -0.394. The zero-order chi connectivity index (χ0) is 12.3. The number of aliphatic hydroxyl groups excluding tert-OH is 1. The molecule has 94 valence electrons. The molecule has 1 aliphatic heterocycles. The van der Waals surface area contributed by atoms with E-state index >= 15 is 0 Å². The number of hydrogen-bond donors (Lipinski definition) is 2. The Balaban J connectivity index is 2.09. The van der Waals surface area contributed by atoms with Crippen molar-refractivity contribution in [3.63, 3.8) is 0 Å². The number of nitrogens with one attached hydrogen (secondary N) is 1. The van der Waals surface area contributed by atoms with Crippen LogP contribution in [0.15, 0.2) is 6.07 Å². The third-order valence-electron chi connectivity index (χ3n) is 2.80. The molecule has 0 bridgehead atoms. The van der Waals surface area contributed by atoms with Crippen molar-refractivity contribution in [1.29, 1.82) is 0 Å². The molecule has 1 unspecified atom stereocenters. The Kier molecular flexibility index (Phi) is 3.63. The van der Waals surface area contributed by atoms with E-state index < -0.39 is 5.97 Å². The second-order valence-electron chi connectivity index (χ2n) is 4.08. The highest BCUT2D eigenvalue weighted by Crippen LogP contribution is 2.20. The molecule has 0 fully saturated rings. The molecular formula is C11H17N3O3. The first kappa shape index (κ1) is 11.9. The van der Waals surface area contributed by atoms with Gasteiger partial charge < -0.3 is 15.2 Å². The maximum Gasteiger partial charge on any atom is 0.358 e. The van der Waals surface area contributed by atoms with E-state index in [1.54, 1.807) is 17.7 Å². The minimum Gasteiger partial charge on any atom is -0.461 e. The number of anilines is 1. The first-order chi connectivity index (χ1) is 8.24. The molecule has 2 N–H and O–H groups in total. The molecule has 0 saturated carbocycles. The van der Waals surface area contributed by atoms with E-state index in [9.17, 15) is 4.79 Å². The summed E-state index contributed by atoms with van der Waals surface area (Å²) in [6.45, 7) is 3.81. The predicted octanol–water partition coefficient (Wildman–Crippen LogP) is 0.484. The summed E-state index contributed by atoms with van der Waals surface area (Å²) >= 11 is 0. The third-order valence-corrected chi connectivity index (χ3v) is 2.80. The summed E-state index contributed by atoms with van der Waals surface area (Å²) < 4.78 is 6.66. The van der Waals surface area contributed by atoms with Crippen molar-refractivity contribution < 1.29 is 14.6 Å². The van der Waals surface area contributed by atoms with Crippen molar-refractivity contribution in [1.82, 2.24) is 9.78 Å². The van der Waals surface area contributed by atoms with Gasteiger partial charge in [-0.05, 0) is 19.3 Å². The molecule has 0 radical (unpaired) electrons. The van der Waals surface area contributed by atoms with E-state index in [0.29, 0.717) is 18.2 Å². The van der Waals surface area contributed by atoms with Gasteiger partial charge in [-0.25, -0.2) is 9.48 Å². The van der Waals surface area contributed by atoms with Crippen molar-refractivity contribution in [2.24, 2.45) is 5.92 Å². The largest absolute Gasteiger partial charge is 0.461 e. The van der Waals surface area contributed by atoms with Gasteiger partial charge in [0.15, 0.2) is 5.69 Å².